The molecule has 22 heavy (non-hydrogen) atoms. The first-order valence-corrected chi connectivity index (χ1v) is 7.49. The minimum atomic E-state index is -1.71. The Labute approximate surface area is 128 Å². The van der Waals surface area contributed by atoms with Crippen molar-refractivity contribution >= 4 is 18.0 Å². The maximum absolute atomic E-state index is 12.0. The Kier molecular flexibility index (Phi) is 4.60. The number of carboxylic acids is 2. The lowest BCUT2D eigenvalue weighted by molar-refractivity contribution is -0.151. The van der Waals surface area contributed by atoms with Gasteiger partial charge >= 0.3 is 18.0 Å². The summed E-state index contributed by atoms with van der Waals surface area (Å²) in [4.78, 5) is 34.0. The number of amides is 1. The van der Waals surface area contributed by atoms with E-state index >= 15 is 0 Å². The summed E-state index contributed by atoms with van der Waals surface area (Å²) in [6.45, 7) is 1.15. The quantitative estimate of drug-likeness (QED) is 0.569. The molecule has 0 aromatic heterocycles. The van der Waals surface area contributed by atoms with E-state index in [1.165, 1.54) is 6.92 Å². The van der Waals surface area contributed by atoms with Gasteiger partial charge in [0.15, 0.2) is 0 Å². The summed E-state index contributed by atoms with van der Waals surface area (Å²) < 4.78 is 5.16. The Morgan fingerprint density at radius 2 is 1.82 bits per heavy atom. The number of rotatable bonds is 6. The van der Waals surface area contributed by atoms with Gasteiger partial charge in [-0.2, -0.15) is 0 Å². The van der Waals surface area contributed by atoms with Crippen molar-refractivity contribution in [1.82, 2.24) is 10.6 Å². The van der Waals surface area contributed by atoms with Crippen molar-refractivity contribution in [3.05, 3.63) is 0 Å². The van der Waals surface area contributed by atoms with E-state index in [4.69, 9.17) is 9.84 Å². The van der Waals surface area contributed by atoms with Gasteiger partial charge in [-0.05, 0) is 19.8 Å². The zero-order valence-electron chi connectivity index (χ0n) is 12.6. The molecule has 0 bridgehead atoms. The summed E-state index contributed by atoms with van der Waals surface area (Å²) in [5, 5.41) is 23.4. The summed E-state index contributed by atoms with van der Waals surface area (Å²) in [5.74, 6) is -2.37. The van der Waals surface area contributed by atoms with Gasteiger partial charge in [-0.3, -0.25) is 10.1 Å². The molecule has 2 fully saturated rings. The van der Waals surface area contributed by atoms with Crippen LogP contribution in [0.15, 0.2) is 0 Å². The zero-order chi connectivity index (χ0) is 16.4. The van der Waals surface area contributed by atoms with E-state index in [9.17, 15) is 19.5 Å². The zero-order valence-corrected chi connectivity index (χ0v) is 12.6. The summed E-state index contributed by atoms with van der Waals surface area (Å²) in [6, 6.07) is 0.0177. The number of carbonyl (C=O) groups excluding carboxylic acids is 1. The predicted octanol–water partition coefficient (Wildman–Crippen LogP) is 0.705. The van der Waals surface area contributed by atoms with Gasteiger partial charge in [0, 0.05) is 12.5 Å². The van der Waals surface area contributed by atoms with Gasteiger partial charge in [0.05, 0.1) is 12.1 Å². The SMILES string of the molecule is CC1(NCC(=O)O)CC1(OC(=O)NC1CCCCC1)C(=O)O. The molecule has 8 nitrogen and oxygen atoms in total. The lowest BCUT2D eigenvalue weighted by Crippen LogP contribution is -2.49. The highest BCUT2D eigenvalue weighted by Gasteiger charge is 2.74. The molecule has 2 unspecified atom stereocenters. The van der Waals surface area contributed by atoms with E-state index in [1.807, 2.05) is 0 Å². The number of carbonyl (C=O) groups is 3. The van der Waals surface area contributed by atoms with Gasteiger partial charge in [0.2, 0.25) is 5.60 Å². The minimum absolute atomic E-state index is 0.0177. The fourth-order valence-electron chi connectivity index (χ4n) is 3.03. The largest absolute Gasteiger partial charge is 0.480 e. The molecule has 0 saturated heterocycles. The Morgan fingerprint density at radius 1 is 1.18 bits per heavy atom. The van der Waals surface area contributed by atoms with Crippen molar-refractivity contribution in [3.63, 3.8) is 0 Å². The van der Waals surface area contributed by atoms with E-state index in [0.29, 0.717) is 0 Å². The molecule has 0 spiro atoms. The molecule has 0 heterocycles. The smallest absolute Gasteiger partial charge is 0.408 e. The summed E-state index contributed by atoms with van der Waals surface area (Å²) in [7, 11) is 0. The van der Waals surface area contributed by atoms with E-state index < -0.39 is 29.2 Å². The van der Waals surface area contributed by atoms with E-state index in [2.05, 4.69) is 10.6 Å². The third-order valence-corrected chi connectivity index (χ3v) is 4.54. The van der Waals surface area contributed by atoms with Crippen LogP contribution >= 0.6 is 0 Å². The number of hydrogen-bond acceptors (Lipinski definition) is 5. The van der Waals surface area contributed by atoms with Gasteiger partial charge in [0.25, 0.3) is 0 Å². The van der Waals surface area contributed by atoms with Crippen LogP contribution in [0.1, 0.15) is 45.4 Å². The van der Waals surface area contributed by atoms with Crippen molar-refractivity contribution in [2.24, 2.45) is 0 Å². The van der Waals surface area contributed by atoms with Crippen molar-refractivity contribution in [3.8, 4) is 0 Å². The fourth-order valence-corrected chi connectivity index (χ4v) is 3.03. The van der Waals surface area contributed by atoms with Crippen LogP contribution in [-0.2, 0) is 14.3 Å². The molecule has 4 N–H and O–H groups in total. The third kappa shape index (κ3) is 3.32. The molecule has 2 rings (SSSR count). The molecule has 8 heteroatoms. The summed E-state index contributed by atoms with van der Waals surface area (Å²) in [5.41, 5.74) is -2.78. The predicted molar refractivity (Wildman–Crippen MR) is 75.5 cm³/mol. The van der Waals surface area contributed by atoms with Crippen LogP contribution in [0.5, 0.6) is 0 Å². The van der Waals surface area contributed by atoms with Crippen LogP contribution in [0.4, 0.5) is 4.79 Å². The van der Waals surface area contributed by atoms with Crippen LogP contribution in [0.25, 0.3) is 0 Å². The van der Waals surface area contributed by atoms with Crippen molar-refractivity contribution in [2.45, 2.75) is 62.6 Å². The Balaban J connectivity index is 1.93. The maximum atomic E-state index is 12.0. The number of carboxylic acid groups (broad SMARTS) is 2. The van der Waals surface area contributed by atoms with Crippen molar-refractivity contribution < 1.29 is 29.3 Å². The molecule has 2 aliphatic carbocycles. The molecular weight excluding hydrogens is 292 g/mol. The summed E-state index contributed by atoms with van der Waals surface area (Å²) in [6.07, 6.45) is 4.23. The normalized spacial score (nSPS) is 31.3. The van der Waals surface area contributed by atoms with Crippen LogP contribution in [-0.4, -0.2) is 52.0 Å². The van der Waals surface area contributed by atoms with Gasteiger partial charge in [-0.15, -0.1) is 0 Å². The highest BCUT2D eigenvalue weighted by atomic mass is 16.6. The van der Waals surface area contributed by atoms with Gasteiger partial charge in [-0.1, -0.05) is 19.3 Å². The van der Waals surface area contributed by atoms with Gasteiger partial charge < -0.3 is 20.3 Å². The summed E-state index contributed by atoms with van der Waals surface area (Å²) >= 11 is 0. The van der Waals surface area contributed by atoms with Crippen LogP contribution in [0, 0.1) is 0 Å². The molecular formula is C14H22N2O6. The number of alkyl carbamates (subject to hydrolysis) is 1. The van der Waals surface area contributed by atoms with Crippen molar-refractivity contribution in [1.29, 1.82) is 0 Å². The molecule has 1 amide bonds. The second kappa shape index (κ2) is 6.12. The second-order valence-electron chi connectivity index (χ2n) is 6.26. The van der Waals surface area contributed by atoms with E-state index in [0.717, 1.165) is 32.1 Å². The Hall–Kier alpha value is -1.83. The number of nitrogens with one attached hydrogen (secondary N) is 2. The minimum Gasteiger partial charge on any atom is -0.480 e. The first-order chi connectivity index (χ1) is 10.3. The van der Waals surface area contributed by atoms with Gasteiger partial charge in [0.1, 0.15) is 0 Å². The standard InChI is InChI=1S/C14H22N2O6/c1-13(15-7-10(17)18)8-14(13,11(19)20)22-12(21)16-9-5-3-2-4-6-9/h9,15H,2-8H2,1H3,(H,16,21)(H,17,18)(H,19,20). The average molecular weight is 314 g/mol. The lowest BCUT2D eigenvalue weighted by atomic mass is 9.96. The Bertz CT molecular complexity index is 476. The number of hydrogen-bond donors (Lipinski definition) is 4. The topological polar surface area (TPSA) is 125 Å². The molecule has 124 valence electrons. The molecule has 0 aromatic rings. The van der Waals surface area contributed by atoms with Crippen molar-refractivity contribution in [2.75, 3.05) is 6.54 Å². The molecule has 2 saturated carbocycles. The van der Waals surface area contributed by atoms with Crippen LogP contribution in [0.2, 0.25) is 0 Å². The first-order valence-electron chi connectivity index (χ1n) is 7.49. The molecule has 2 atom stereocenters. The molecule has 0 aromatic carbocycles. The van der Waals surface area contributed by atoms with E-state index in [-0.39, 0.29) is 19.0 Å². The van der Waals surface area contributed by atoms with Crippen LogP contribution in [0.3, 0.4) is 0 Å². The molecule has 2 aliphatic rings. The third-order valence-electron chi connectivity index (χ3n) is 4.54. The van der Waals surface area contributed by atoms with E-state index in [1.54, 1.807) is 0 Å². The first kappa shape index (κ1) is 16.5. The molecule has 0 aliphatic heterocycles. The maximum Gasteiger partial charge on any atom is 0.408 e. The Morgan fingerprint density at radius 3 is 2.36 bits per heavy atom. The average Bonchev–Trinajstić information content (AvgIpc) is 3.04. The fraction of sp³-hybridized carbons (Fsp3) is 0.786. The monoisotopic (exact) mass is 314 g/mol. The highest BCUT2D eigenvalue weighted by molar-refractivity contribution is 5.88. The second-order valence-corrected chi connectivity index (χ2v) is 6.26. The van der Waals surface area contributed by atoms with Crippen LogP contribution < -0.4 is 10.6 Å². The highest BCUT2D eigenvalue weighted by Crippen LogP contribution is 2.51. The van der Waals surface area contributed by atoms with Gasteiger partial charge in [-0.25, -0.2) is 9.59 Å². The molecule has 0 radical (unpaired) electrons. The number of aliphatic carboxylic acids is 2. The number of ether oxygens (including phenoxy) is 1. The lowest BCUT2D eigenvalue weighted by Gasteiger charge is -2.25.